The average molecular weight is 361 g/mol. The van der Waals surface area contributed by atoms with Crippen molar-refractivity contribution >= 4 is 35.1 Å². The van der Waals surface area contributed by atoms with Gasteiger partial charge in [0.15, 0.2) is 5.75 Å². The first-order valence-electron chi connectivity index (χ1n) is 7.82. The minimum Gasteiger partial charge on any atom is -0.462 e. The van der Waals surface area contributed by atoms with E-state index in [-0.39, 0.29) is 35.7 Å². The Labute approximate surface area is 147 Å². The highest BCUT2D eigenvalue weighted by Gasteiger charge is 2.16. The Balaban J connectivity index is 2.43. The van der Waals surface area contributed by atoms with Crippen LogP contribution < -0.4 is 4.74 Å². The molecule has 0 fully saturated rings. The molecule has 0 spiro atoms. The minimum atomic E-state index is -0.548. The zero-order valence-corrected chi connectivity index (χ0v) is 15.0. The number of esters is 2. The number of hydrogen-bond donors (Lipinski definition) is 0. The zero-order valence-electron chi connectivity index (χ0n) is 13.4. The Morgan fingerprint density at radius 3 is 2.26 bits per heavy atom. The van der Waals surface area contributed by atoms with Crippen LogP contribution >= 0.6 is 23.2 Å². The lowest BCUT2D eigenvalue weighted by molar-refractivity contribution is -0.152. The maximum Gasteiger partial charge on any atom is 0.311 e. The molecule has 0 radical (unpaired) electrons. The van der Waals surface area contributed by atoms with Gasteiger partial charge >= 0.3 is 11.9 Å². The van der Waals surface area contributed by atoms with Crippen LogP contribution in [-0.2, 0) is 14.3 Å². The summed E-state index contributed by atoms with van der Waals surface area (Å²) in [4.78, 5) is 23.6. The molecule has 0 N–H and O–H groups in total. The van der Waals surface area contributed by atoms with Crippen molar-refractivity contribution in [3.05, 3.63) is 28.2 Å². The zero-order chi connectivity index (χ0) is 17.2. The van der Waals surface area contributed by atoms with Gasteiger partial charge in [-0.05, 0) is 25.0 Å². The third-order valence-electron chi connectivity index (χ3n) is 3.19. The Bertz CT molecular complexity index is 525. The van der Waals surface area contributed by atoms with Gasteiger partial charge in [-0.25, -0.2) is 0 Å². The van der Waals surface area contributed by atoms with Crippen molar-refractivity contribution in [1.82, 2.24) is 0 Å². The van der Waals surface area contributed by atoms with Gasteiger partial charge in [0.05, 0.1) is 17.9 Å². The van der Waals surface area contributed by atoms with E-state index in [1.165, 1.54) is 0 Å². The third-order valence-corrected chi connectivity index (χ3v) is 3.99. The highest BCUT2D eigenvalue weighted by Crippen LogP contribution is 2.31. The number of hydrogen-bond acceptors (Lipinski definition) is 4. The molecule has 1 rings (SSSR count). The van der Waals surface area contributed by atoms with Crippen LogP contribution in [0.15, 0.2) is 18.2 Å². The lowest BCUT2D eigenvalue weighted by Gasteiger charge is -2.16. The van der Waals surface area contributed by atoms with Gasteiger partial charge in [-0.3, -0.25) is 9.59 Å². The number of carbonyl (C=O) groups is 2. The molecule has 0 heterocycles. The van der Waals surface area contributed by atoms with Gasteiger partial charge in [-0.2, -0.15) is 0 Å². The predicted molar refractivity (Wildman–Crippen MR) is 91.0 cm³/mol. The van der Waals surface area contributed by atoms with Gasteiger partial charge in [0, 0.05) is 0 Å². The monoisotopic (exact) mass is 360 g/mol. The first kappa shape index (κ1) is 19.8. The molecule has 128 valence electrons. The van der Waals surface area contributed by atoms with Gasteiger partial charge in [-0.1, -0.05) is 56.0 Å². The van der Waals surface area contributed by atoms with Crippen LogP contribution in [0, 0.1) is 0 Å². The van der Waals surface area contributed by atoms with E-state index >= 15 is 0 Å². The molecule has 0 bridgehead atoms. The van der Waals surface area contributed by atoms with Crippen molar-refractivity contribution in [2.45, 2.75) is 58.5 Å². The SMILES string of the molecule is CCCC(CCC)OC(=O)CCC(=O)Oc1cccc(Cl)c1Cl. The van der Waals surface area contributed by atoms with E-state index in [2.05, 4.69) is 0 Å². The highest BCUT2D eigenvalue weighted by molar-refractivity contribution is 6.43. The molecule has 1 aromatic rings. The van der Waals surface area contributed by atoms with E-state index < -0.39 is 5.97 Å². The average Bonchev–Trinajstić information content (AvgIpc) is 2.50. The number of ether oxygens (including phenoxy) is 2. The molecule has 0 saturated carbocycles. The molecule has 0 unspecified atom stereocenters. The van der Waals surface area contributed by atoms with Crippen molar-refractivity contribution in [2.24, 2.45) is 0 Å². The van der Waals surface area contributed by atoms with Crippen molar-refractivity contribution in [1.29, 1.82) is 0 Å². The van der Waals surface area contributed by atoms with E-state index in [1.54, 1.807) is 18.2 Å². The second-order valence-corrected chi connectivity index (χ2v) is 6.00. The van der Waals surface area contributed by atoms with Crippen molar-refractivity contribution in [2.75, 3.05) is 0 Å². The number of halogens is 2. The molecule has 0 aliphatic rings. The van der Waals surface area contributed by atoms with E-state index in [9.17, 15) is 9.59 Å². The molecule has 0 amide bonds. The Morgan fingerprint density at radius 2 is 1.65 bits per heavy atom. The Kier molecular flexibility index (Phi) is 9.03. The fourth-order valence-electron chi connectivity index (χ4n) is 2.09. The number of carbonyl (C=O) groups excluding carboxylic acids is 2. The van der Waals surface area contributed by atoms with Gasteiger partial charge in [0.2, 0.25) is 0 Å². The van der Waals surface area contributed by atoms with E-state index in [1.807, 2.05) is 13.8 Å². The fraction of sp³-hybridized carbons (Fsp3) is 0.529. The molecule has 0 aliphatic carbocycles. The van der Waals surface area contributed by atoms with Gasteiger partial charge in [0.25, 0.3) is 0 Å². The standard InChI is InChI=1S/C17H22Cl2O4/c1-3-6-12(7-4-2)22-15(20)10-11-16(21)23-14-9-5-8-13(18)17(14)19/h5,8-9,12H,3-4,6-7,10-11H2,1-2H3. The van der Waals surface area contributed by atoms with Gasteiger partial charge < -0.3 is 9.47 Å². The number of benzene rings is 1. The normalized spacial score (nSPS) is 10.7. The molecule has 0 aliphatic heterocycles. The second kappa shape index (κ2) is 10.5. The second-order valence-electron chi connectivity index (χ2n) is 5.22. The topological polar surface area (TPSA) is 52.6 Å². The maximum atomic E-state index is 11.8. The largest absolute Gasteiger partial charge is 0.462 e. The Hall–Kier alpha value is -1.26. The third kappa shape index (κ3) is 7.23. The van der Waals surface area contributed by atoms with Gasteiger partial charge in [-0.15, -0.1) is 0 Å². The number of rotatable bonds is 9. The summed E-state index contributed by atoms with van der Waals surface area (Å²) in [6, 6.07) is 4.77. The molecular weight excluding hydrogens is 339 g/mol. The van der Waals surface area contributed by atoms with Crippen LogP contribution in [-0.4, -0.2) is 18.0 Å². The van der Waals surface area contributed by atoms with Crippen LogP contribution in [0.5, 0.6) is 5.75 Å². The van der Waals surface area contributed by atoms with E-state index in [4.69, 9.17) is 32.7 Å². The first-order valence-corrected chi connectivity index (χ1v) is 8.57. The quantitative estimate of drug-likeness (QED) is 0.449. The first-order chi connectivity index (χ1) is 11.0. The van der Waals surface area contributed by atoms with Crippen molar-refractivity contribution < 1.29 is 19.1 Å². The summed E-state index contributed by atoms with van der Waals surface area (Å²) in [6.45, 7) is 4.09. The summed E-state index contributed by atoms with van der Waals surface area (Å²) >= 11 is 11.8. The summed E-state index contributed by atoms with van der Waals surface area (Å²) in [5, 5.41) is 0.481. The predicted octanol–water partition coefficient (Wildman–Crippen LogP) is 5.19. The molecule has 0 atom stereocenters. The minimum absolute atomic E-state index is 0.0129. The van der Waals surface area contributed by atoms with Crippen LogP contribution in [0.4, 0.5) is 0 Å². The van der Waals surface area contributed by atoms with Crippen LogP contribution in [0.3, 0.4) is 0 Å². The molecule has 0 saturated heterocycles. The summed E-state index contributed by atoms with van der Waals surface area (Å²) in [5.41, 5.74) is 0. The smallest absolute Gasteiger partial charge is 0.311 e. The summed E-state index contributed by atoms with van der Waals surface area (Å²) < 4.78 is 10.5. The maximum absolute atomic E-state index is 11.8. The summed E-state index contributed by atoms with van der Waals surface area (Å²) in [6.07, 6.45) is 3.43. The van der Waals surface area contributed by atoms with Crippen LogP contribution in [0.2, 0.25) is 10.0 Å². The van der Waals surface area contributed by atoms with Crippen molar-refractivity contribution in [3.63, 3.8) is 0 Å². The molecule has 1 aromatic carbocycles. The van der Waals surface area contributed by atoms with Crippen LogP contribution in [0.1, 0.15) is 52.4 Å². The molecule has 4 nitrogen and oxygen atoms in total. The lowest BCUT2D eigenvalue weighted by atomic mass is 10.1. The molecule has 0 aromatic heterocycles. The fourth-order valence-corrected chi connectivity index (χ4v) is 2.42. The summed E-state index contributed by atoms with van der Waals surface area (Å²) in [7, 11) is 0. The molecule has 23 heavy (non-hydrogen) atoms. The van der Waals surface area contributed by atoms with E-state index in [0.29, 0.717) is 5.02 Å². The van der Waals surface area contributed by atoms with E-state index in [0.717, 1.165) is 25.7 Å². The lowest BCUT2D eigenvalue weighted by Crippen LogP contribution is -2.19. The molecular formula is C17H22Cl2O4. The molecule has 6 heteroatoms. The van der Waals surface area contributed by atoms with Crippen molar-refractivity contribution in [3.8, 4) is 5.75 Å². The Morgan fingerprint density at radius 1 is 1.04 bits per heavy atom. The summed E-state index contributed by atoms with van der Waals surface area (Å²) in [5.74, 6) is -0.743. The highest BCUT2D eigenvalue weighted by atomic mass is 35.5. The van der Waals surface area contributed by atoms with Gasteiger partial charge in [0.1, 0.15) is 11.1 Å². The van der Waals surface area contributed by atoms with Crippen LogP contribution in [0.25, 0.3) is 0 Å².